The molecule has 0 spiro atoms. The highest BCUT2D eigenvalue weighted by atomic mass is 16.1. The summed E-state index contributed by atoms with van der Waals surface area (Å²) in [5.41, 5.74) is 0.657. The van der Waals surface area contributed by atoms with E-state index >= 15 is 0 Å². The van der Waals surface area contributed by atoms with Crippen molar-refractivity contribution in [2.75, 3.05) is 4.90 Å². The summed E-state index contributed by atoms with van der Waals surface area (Å²) >= 11 is 0. The van der Waals surface area contributed by atoms with Crippen LogP contribution in [0.25, 0.3) is 10.9 Å². The second-order valence-corrected chi connectivity index (χ2v) is 5.00. The molecule has 0 unspecified atom stereocenters. The summed E-state index contributed by atoms with van der Waals surface area (Å²) in [4.78, 5) is 21.6. The fourth-order valence-electron chi connectivity index (χ4n) is 2.28. The van der Waals surface area contributed by atoms with Gasteiger partial charge in [-0.15, -0.1) is 0 Å². The van der Waals surface area contributed by atoms with E-state index in [1.165, 1.54) is 0 Å². The highest BCUT2D eigenvalue weighted by molar-refractivity contribution is 5.78. The first kappa shape index (κ1) is 12.6. The van der Waals surface area contributed by atoms with Crippen LogP contribution in [-0.4, -0.2) is 22.1 Å². The van der Waals surface area contributed by atoms with Crippen LogP contribution in [0.1, 0.15) is 27.7 Å². The number of aromatic amines is 1. The molecule has 2 aromatic rings. The maximum absolute atomic E-state index is 12.0. The van der Waals surface area contributed by atoms with E-state index in [9.17, 15) is 4.79 Å². The van der Waals surface area contributed by atoms with Gasteiger partial charge in [-0.05, 0) is 39.8 Å². The third kappa shape index (κ3) is 2.23. The van der Waals surface area contributed by atoms with Gasteiger partial charge in [-0.1, -0.05) is 12.1 Å². The largest absolute Gasteiger partial charge is 0.337 e. The van der Waals surface area contributed by atoms with Gasteiger partial charge < -0.3 is 4.90 Å². The van der Waals surface area contributed by atoms with E-state index in [2.05, 4.69) is 42.6 Å². The first-order chi connectivity index (χ1) is 8.50. The van der Waals surface area contributed by atoms with E-state index in [0.717, 1.165) is 5.52 Å². The monoisotopic (exact) mass is 245 g/mol. The number of fused-ring (bicyclic) bond motifs is 1. The molecule has 0 saturated heterocycles. The normalized spacial score (nSPS) is 11.4. The quantitative estimate of drug-likeness (QED) is 0.904. The Balaban J connectivity index is 2.61. The first-order valence-electron chi connectivity index (χ1n) is 6.28. The van der Waals surface area contributed by atoms with Crippen LogP contribution in [-0.2, 0) is 0 Å². The van der Waals surface area contributed by atoms with Gasteiger partial charge in [0.1, 0.15) is 0 Å². The van der Waals surface area contributed by atoms with Gasteiger partial charge >= 0.3 is 0 Å². The molecule has 0 aliphatic carbocycles. The third-order valence-electron chi connectivity index (χ3n) is 2.96. The van der Waals surface area contributed by atoms with Crippen molar-refractivity contribution in [3.63, 3.8) is 0 Å². The molecule has 0 aliphatic heterocycles. The minimum Gasteiger partial charge on any atom is -0.337 e. The Kier molecular flexibility index (Phi) is 3.36. The number of rotatable bonds is 3. The molecular formula is C14H19N3O. The summed E-state index contributed by atoms with van der Waals surface area (Å²) in [6.07, 6.45) is 0. The molecule has 0 radical (unpaired) electrons. The number of benzene rings is 1. The average molecular weight is 245 g/mol. The van der Waals surface area contributed by atoms with Crippen molar-refractivity contribution < 1.29 is 0 Å². The van der Waals surface area contributed by atoms with Crippen molar-refractivity contribution in [1.29, 1.82) is 0 Å². The van der Waals surface area contributed by atoms with Crippen molar-refractivity contribution in [2.45, 2.75) is 39.8 Å². The molecular weight excluding hydrogens is 226 g/mol. The first-order valence-corrected chi connectivity index (χ1v) is 6.28. The van der Waals surface area contributed by atoms with Crippen molar-refractivity contribution in [3.8, 4) is 0 Å². The predicted octanol–water partition coefficient (Wildman–Crippen LogP) is 2.55. The lowest BCUT2D eigenvalue weighted by Crippen LogP contribution is -2.39. The zero-order valence-electron chi connectivity index (χ0n) is 11.3. The molecule has 1 aromatic carbocycles. The lowest BCUT2D eigenvalue weighted by atomic mass is 10.2. The number of aromatic nitrogens is 2. The van der Waals surface area contributed by atoms with Gasteiger partial charge in [0.15, 0.2) is 0 Å². The van der Waals surface area contributed by atoms with Gasteiger partial charge in [-0.2, -0.15) is 0 Å². The number of nitrogens with one attached hydrogen (secondary N) is 1. The van der Waals surface area contributed by atoms with E-state index in [4.69, 9.17) is 0 Å². The van der Waals surface area contributed by atoms with Crippen LogP contribution in [0.15, 0.2) is 29.1 Å². The van der Waals surface area contributed by atoms with E-state index in [-0.39, 0.29) is 17.6 Å². The van der Waals surface area contributed by atoms with Gasteiger partial charge in [-0.25, -0.2) is 4.98 Å². The number of hydrogen-bond acceptors (Lipinski definition) is 3. The van der Waals surface area contributed by atoms with Crippen molar-refractivity contribution in [1.82, 2.24) is 9.97 Å². The molecule has 96 valence electrons. The van der Waals surface area contributed by atoms with Crippen molar-refractivity contribution in [3.05, 3.63) is 34.6 Å². The molecule has 0 atom stereocenters. The van der Waals surface area contributed by atoms with Crippen LogP contribution in [0.3, 0.4) is 0 Å². The van der Waals surface area contributed by atoms with Gasteiger partial charge in [0.05, 0.1) is 10.9 Å². The Morgan fingerprint density at radius 2 is 1.72 bits per heavy atom. The van der Waals surface area contributed by atoms with Crippen molar-refractivity contribution >= 4 is 16.9 Å². The summed E-state index contributed by atoms with van der Waals surface area (Å²) in [7, 11) is 0. The van der Waals surface area contributed by atoms with Crippen LogP contribution in [0, 0.1) is 0 Å². The molecule has 0 saturated carbocycles. The van der Waals surface area contributed by atoms with Gasteiger partial charge in [0.25, 0.3) is 5.56 Å². The zero-order chi connectivity index (χ0) is 13.3. The fraction of sp³-hybridized carbons (Fsp3) is 0.429. The van der Waals surface area contributed by atoms with Crippen LogP contribution < -0.4 is 10.5 Å². The smallest absolute Gasteiger partial charge is 0.260 e. The lowest BCUT2D eigenvalue weighted by molar-refractivity contribution is 0.591. The van der Waals surface area contributed by atoms with Crippen LogP contribution in [0.2, 0.25) is 0 Å². The van der Waals surface area contributed by atoms with Crippen LogP contribution in [0.5, 0.6) is 0 Å². The SMILES string of the molecule is CC(C)N(c1nc2ccccc2c(=O)[nH]1)C(C)C. The Morgan fingerprint density at radius 1 is 1.11 bits per heavy atom. The number of para-hydroxylation sites is 1. The number of hydrogen-bond donors (Lipinski definition) is 1. The van der Waals surface area contributed by atoms with E-state index < -0.39 is 0 Å². The molecule has 1 N–H and O–H groups in total. The van der Waals surface area contributed by atoms with Crippen molar-refractivity contribution in [2.24, 2.45) is 0 Å². The maximum atomic E-state index is 12.0. The lowest BCUT2D eigenvalue weighted by Gasteiger charge is -2.31. The number of nitrogens with zero attached hydrogens (tertiary/aromatic N) is 2. The van der Waals surface area contributed by atoms with Crippen LogP contribution >= 0.6 is 0 Å². The molecule has 0 amide bonds. The molecule has 0 aliphatic rings. The summed E-state index contributed by atoms with van der Waals surface area (Å²) in [5, 5.41) is 0.633. The van der Waals surface area contributed by atoms with E-state index in [1.54, 1.807) is 6.07 Å². The summed E-state index contributed by atoms with van der Waals surface area (Å²) in [5.74, 6) is 0.642. The Hall–Kier alpha value is -1.84. The molecule has 18 heavy (non-hydrogen) atoms. The Morgan fingerprint density at radius 3 is 2.33 bits per heavy atom. The number of anilines is 1. The molecule has 2 rings (SSSR count). The molecule has 4 nitrogen and oxygen atoms in total. The highest BCUT2D eigenvalue weighted by Crippen LogP contribution is 2.16. The number of H-pyrrole nitrogens is 1. The Labute approximate surface area is 107 Å². The van der Waals surface area contributed by atoms with Gasteiger partial charge in [-0.3, -0.25) is 9.78 Å². The predicted molar refractivity (Wildman–Crippen MR) is 75.1 cm³/mol. The zero-order valence-corrected chi connectivity index (χ0v) is 11.3. The standard InChI is InChI=1S/C14H19N3O/c1-9(2)17(10(3)4)14-15-12-8-6-5-7-11(12)13(18)16-14/h5-10H,1-4H3,(H,15,16,18). The summed E-state index contributed by atoms with van der Waals surface area (Å²) in [6.45, 7) is 8.37. The third-order valence-corrected chi connectivity index (χ3v) is 2.96. The molecule has 0 fully saturated rings. The second-order valence-electron chi connectivity index (χ2n) is 5.00. The van der Waals surface area contributed by atoms with Crippen LogP contribution in [0.4, 0.5) is 5.95 Å². The Bertz CT molecular complexity index is 593. The maximum Gasteiger partial charge on any atom is 0.260 e. The molecule has 1 aromatic heterocycles. The molecule has 4 heteroatoms. The van der Waals surface area contributed by atoms with Gasteiger partial charge in [0, 0.05) is 12.1 Å². The van der Waals surface area contributed by atoms with E-state index in [0.29, 0.717) is 11.3 Å². The van der Waals surface area contributed by atoms with Gasteiger partial charge in [0.2, 0.25) is 5.95 Å². The summed E-state index contributed by atoms with van der Waals surface area (Å²) in [6, 6.07) is 7.98. The second kappa shape index (κ2) is 4.80. The fourth-order valence-corrected chi connectivity index (χ4v) is 2.28. The average Bonchev–Trinajstić information content (AvgIpc) is 2.28. The highest BCUT2D eigenvalue weighted by Gasteiger charge is 2.17. The molecule has 1 heterocycles. The van der Waals surface area contributed by atoms with E-state index in [1.807, 2.05) is 18.2 Å². The minimum absolute atomic E-state index is 0.0816. The topological polar surface area (TPSA) is 49.0 Å². The minimum atomic E-state index is -0.0816. The molecule has 0 bridgehead atoms. The summed E-state index contributed by atoms with van der Waals surface area (Å²) < 4.78 is 0.